The molecule has 1 aromatic heterocycles. The Bertz CT molecular complexity index is 592. The Hall–Kier alpha value is -0.620. The van der Waals surface area contributed by atoms with Crippen LogP contribution in [0.4, 0.5) is 13.2 Å². The highest BCUT2D eigenvalue weighted by atomic mass is 127. The zero-order valence-electron chi connectivity index (χ0n) is 16.3. The molecule has 2 rings (SSSR count). The molecule has 1 aliphatic carbocycles. The van der Waals surface area contributed by atoms with Gasteiger partial charge in [-0.2, -0.15) is 13.2 Å². The fourth-order valence-electron chi connectivity index (χ4n) is 3.33. The number of hydrogen-bond donors (Lipinski definition) is 2. The number of hydrogen-bond acceptors (Lipinski definition) is 4. The van der Waals surface area contributed by atoms with E-state index in [2.05, 4.69) is 20.6 Å². The van der Waals surface area contributed by atoms with Gasteiger partial charge in [0.1, 0.15) is 5.01 Å². The van der Waals surface area contributed by atoms with Gasteiger partial charge < -0.3 is 15.4 Å². The molecule has 0 spiro atoms. The molecule has 1 saturated carbocycles. The van der Waals surface area contributed by atoms with E-state index in [1.807, 2.05) is 13.8 Å². The lowest BCUT2D eigenvalue weighted by atomic mass is 9.98. The van der Waals surface area contributed by atoms with Crippen molar-refractivity contribution in [2.24, 2.45) is 10.9 Å². The van der Waals surface area contributed by atoms with Gasteiger partial charge in [0.05, 0.1) is 12.6 Å². The molecule has 0 aliphatic heterocycles. The van der Waals surface area contributed by atoms with Crippen LogP contribution in [0.25, 0.3) is 0 Å². The van der Waals surface area contributed by atoms with E-state index in [-0.39, 0.29) is 36.6 Å². The van der Waals surface area contributed by atoms with Crippen molar-refractivity contribution < 1.29 is 17.9 Å². The molecule has 1 atom stereocenters. The molecule has 1 aromatic rings. The quantitative estimate of drug-likeness (QED) is 0.271. The smallest absolute Gasteiger partial charge is 0.378 e. The van der Waals surface area contributed by atoms with Crippen molar-refractivity contribution in [1.29, 1.82) is 0 Å². The van der Waals surface area contributed by atoms with E-state index < -0.39 is 11.9 Å². The van der Waals surface area contributed by atoms with Crippen LogP contribution in [-0.4, -0.2) is 36.7 Å². The Labute approximate surface area is 186 Å². The largest absolute Gasteiger partial charge is 0.434 e. The monoisotopic (exact) mass is 534 g/mol. The van der Waals surface area contributed by atoms with Gasteiger partial charge in [0.15, 0.2) is 11.7 Å². The average molecular weight is 534 g/mol. The van der Waals surface area contributed by atoms with Crippen molar-refractivity contribution in [2.75, 3.05) is 19.7 Å². The van der Waals surface area contributed by atoms with E-state index >= 15 is 0 Å². The van der Waals surface area contributed by atoms with E-state index in [1.165, 1.54) is 25.7 Å². The van der Waals surface area contributed by atoms with E-state index in [4.69, 9.17) is 4.74 Å². The van der Waals surface area contributed by atoms with Crippen molar-refractivity contribution in [3.8, 4) is 0 Å². The number of ether oxygens (including phenoxy) is 1. The third kappa shape index (κ3) is 8.40. The van der Waals surface area contributed by atoms with Crippen molar-refractivity contribution in [1.82, 2.24) is 15.6 Å². The number of halogens is 4. The average Bonchev–Trinajstić information content (AvgIpc) is 3.30. The molecule has 1 aliphatic rings. The van der Waals surface area contributed by atoms with Crippen molar-refractivity contribution in [2.45, 2.75) is 64.8 Å². The zero-order chi connectivity index (χ0) is 19.7. The lowest BCUT2D eigenvalue weighted by Crippen LogP contribution is -2.39. The van der Waals surface area contributed by atoms with Gasteiger partial charge in [-0.25, -0.2) is 9.98 Å². The third-order valence-corrected chi connectivity index (χ3v) is 5.42. The first-order valence-electron chi connectivity index (χ1n) is 9.59. The SMILES string of the molecule is CCNC(=NCc1nc(C(F)(F)F)cs1)NCCC(OCC)C1CCCC1.I. The van der Waals surface area contributed by atoms with Crippen molar-refractivity contribution >= 4 is 41.3 Å². The maximum atomic E-state index is 12.6. The number of guanidine groups is 1. The van der Waals surface area contributed by atoms with Crippen LogP contribution in [0, 0.1) is 5.92 Å². The summed E-state index contributed by atoms with van der Waals surface area (Å²) in [5, 5.41) is 7.74. The third-order valence-electron chi connectivity index (χ3n) is 4.59. The predicted molar refractivity (Wildman–Crippen MR) is 117 cm³/mol. The van der Waals surface area contributed by atoms with Crippen molar-refractivity contribution in [3.63, 3.8) is 0 Å². The van der Waals surface area contributed by atoms with E-state index in [1.54, 1.807) is 0 Å². The molecule has 5 nitrogen and oxygen atoms in total. The fourth-order valence-corrected chi connectivity index (χ4v) is 4.06. The molecule has 1 heterocycles. The molecule has 28 heavy (non-hydrogen) atoms. The summed E-state index contributed by atoms with van der Waals surface area (Å²) in [5.74, 6) is 1.21. The lowest BCUT2D eigenvalue weighted by molar-refractivity contribution is -0.140. The van der Waals surface area contributed by atoms with Gasteiger partial charge in [-0.3, -0.25) is 0 Å². The first-order chi connectivity index (χ1) is 12.9. The molecule has 10 heteroatoms. The highest BCUT2D eigenvalue weighted by Gasteiger charge is 2.33. The van der Waals surface area contributed by atoms with E-state index in [9.17, 15) is 13.2 Å². The molecule has 1 fully saturated rings. The Morgan fingerprint density at radius 3 is 2.61 bits per heavy atom. The summed E-state index contributed by atoms with van der Waals surface area (Å²) < 4.78 is 43.8. The number of nitrogens with zero attached hydrogens (tertiary/aromatic N) is 2. The minimum Gasteiger partial charge on any atom is -0.378 e. The second-order valence-corrected chi connectivity index (χ2v) is 7.52. The topological polar surface area (TPSA) is 58.5 Å². The highest BCUT2D eigenvalue weighted by Crippen LogP contribution is 2.31. The number of thiazole rings is 1. The molecule has 0 amide bonds. The molecule has 0 saturated heterocycles. The summed E-state index contributed by atoms with van der Waals surface area (Å²) in [6, 6.07) is 0. The van der Waals surface area contributed by atoms with Crippen LogP contribution in [0.1, 0.15) is 56.7 Å². The Morgan fingerprint density at radius 1 is 1.32 bits per heavy atom. The number of nitrogens with one attached hydrogen (secondary N) is 2. The second-order valence-electron chi connectivity index (χ2n) is 6.57. The van der Waals surface area contributed by atoms with Crippen molar-refractivity contribution in [3.05, 3.63) is 16.1 Å². The first kappa shape index (κ1) is 25.4. The number of aliphatic imine (C=N–C) groups is 1. The lowest BCUT2D eigenvalue weighted by Gasteiger charge is -2.24. The van der Waals surface area contributed by atoms with Gasteiger partial charge in [-0.05, 0) is 39.0 Å². The highest BCUT2D eigenvalue weighted by molar-refractivity contribution is 14.0. The van der Waals surface area contributed by atoms with Crippen LogP contribution in [-0.2, 0) is 17.5 Å². The van der Waals surface area contributed by atoms with Crippen LogP contribution < -0.4 is 10.6 Å². The molecular weight excluding hydrogens is 504 g/mol. The van der Waals surface area contributed by atoms with Gasteiger partial charge in [-0.1, -0.05) is 12.8 Å². The molecule has 0 aromatic carbocycles. The van der Waals surface area contributed by atoms with E-state index in [0.717, 1.165) is 23.1 Å². The van der Waals surface area contributed by atoms with Gasteiger partial charge in [0.2, 0.25) is 0 Å². The van der Waals surface area contributed by atoms with E-state index in [0.29, 0.717) is 36.6 Å². The molecule has 1 unspecified atom stereocenters. The van der Waals surface area contributed by atoms with Gasteiger partial charge in [-0.15, -0.1) is 35.3 Å². The van der Waals surface area contributed by atoms with Gasteiger partial charge in [0, 0.05) is 25.1 Å². The summed E-state index contributed by atoms with van der Waals surface area (Å²) in [7, 11) is 0. The summed E-state index contributed by atoms with van der Waals surface area (Å²) in [5.41, 5.74) is -0.855. The second kappa shape index (κ2) is 12.8. The summed E-state index contributed by atoms with van der Waals surface area (Å²) >= 11 is 0.975. The van der Waals surface area contributed by atoms with Gasteiger partial charge in [0.25, 0.3) is 0 Å². The minimum absolute atomic E-state index is 0. The Kier molecular flexibility index (Phi) is 11.7. The fraction of sp³-hybridized carbons (Fsp3) is 0.778. The molecule has 0 radical (unpaired) electrons. The minimum atomic E-state index is -4.41. The first-order valence-corrected chi connectivity index (χ1v) is 10.5. The van der Waals surface area contributed by atoms with Gasteiger partial charge >= 0.3 is 6.18 Å². The molecule has 2 N–H and O–H groups in total. The number of aromatic nitrogens is 1. The van der Waals surface area contributed by atoms with Crippen LogP contribution in [0.3, 0.4) is 0 Å². The van der Waals surface area contributed by atoms with Crippen LogP contribution in [0.2, 0.25) is 0 Å². The number of alkyl halides is 3. The standard InChI is InChI=1S/C18H29F3N4OS.HI/c1-3-22-17(24-11-16-25-15(12-27-16)18(19,20)21)23-10-9-14(26-4-2)13-7-5-6-8-13;/h12-14H,3-11H2,1-2H3,(H2,22,23,24);1H. The Morgan fingerprint density at radius 2 is 2.04 bits per heavy atom. The summed E-state index contributed by atoms with van der Waals surface area (Å²) in [6.07, 6.45) is 1.74. The maximum Gasteiger partial charge on any atom is 0.434 e. The Balaban J connectivity index is 0.00000392. The predicted octanol–water partition coefficient (Wildman–Crippen LogP) is 4.82. The number of rotatable bonds is 9. The summed E-state index contributed by atoms with van der Waals surface area (Å²) in [6.45, 7) is 6.18. The maximum absolute atomic E-state index is 12.6. The zero-order valence-corrected chi connectivity index (χ0v) is 19.5. The summed E-state index contributed by atoms with van der Waals surface area (Å²) in [4.78, 5) is 7.96. The van der Waals surface area contributed by atoms with Crippen LogP contribution in [0.15, 0.2) is 10.4 Å². The van der Waals surface area contributed by atoms with Crippen LogP contribution >= 0.6 is 35.3 Å². The van der Waals surface area contributed by atoms with Crippen LogP contribution in [0.5, 0.6) is 0 Å². The molecular formula is C18H30F3IN4OS. The molecule has 0 bridgehead atoms. The molecule has 162 valence electrons. The normalized spacial score (nSPS) is 16.7.